The lowest BCUT2D eigenvalue weighted by molar-refractivity contribution is -0.201. The molecule has 7 heteroatoms. The largest absolute Gasteiger partial charge is 0.405 e. The molecule has 0 bridgehead atoms. The number of alkyl halides is 3. The van der Waals surface area contributed by atoms with E-state index in [4.69, 9.17) is 11.6 Å². The van der Waals surface area contributed by atoms with E-state index in [2.05, 4.69) is 0 Å². The van der Waals surface area contributed by atoms with Gasteiger partial charge in [-0.3, -0.25) is 9.69 Å². The number of amides is 1. The molecule has 3 nitrogen and oxygen atoms in total. The van der Waals surface area contributed by atoms with Crippen molar-refractivity contribution in [2.75, 3.05) is 20.1 Å². The third kappa shape index (κ3) is 4.61. The van der Waals surface area contributed by atoms with E-state index in [1.807, 2.05) is 12.1 Å². The van der Waals surface area contributed by atoms with Crippen molar-refractivity contribution in [3.05, 3.63) is 34.9 Å². The van der Waals surface area contributed by atoms with Gasteiger partial charge in [-0.25, -0.2) is 0 Å². The SMILES string of the molecule is CC1CN(C(=O)CCc2ccc(Cl)cc2)CC(C(F)(F)F)N1C. The molecular formula is C16H20ClF3N2O. The fourth-order valence-electron chi connectivity index (χ4n) is 2.77. The topological polar surface area (TPSA) is 23.6 Å². The number of aryl methyl sites for hydroxylation is 1. The molecule has 1 aromatic rings. The minimum atomic E-state index is -4.34. The van der Waals surface area contributed by atoms with Gasteiger partial charge in [0.1, 0.15) is 6.04 Å². The van der Waals surface area contributed by atoms with E-state index >= 15 is 0 Å². The van der Waals surface area contributed by atoms with Crippen molar-refractivity contribution < 1.29 is 18.0 Å². The number of carbonyl (C=O) groups excluding carboxylic acids is 1. The molecule has 1 fully saturated rings. The second-order valence-corrected chi connectivity index (χ2v) is 6.43. The molecule has 1 amide bonds. The first-order valence-corrected chi connectivity index (χ1v) is 7.87. The van der Waals surface area contributed by atoms with Gasteiger partial charge >= 0.3 is 6.18 Å². The van der Waals surface area contributed by atoms with E-state index in [0.717, 1.165) is 5.56 Å². The number of halogens is 4. The Hall–Kier alpha value is -1.27. The highest BCUT2D eigenvalue weighted by Crippen LogP contribution is 2.29. The molecule has 0 saturated carbocycles. The van der Waals surface area contributed by atoms with Crippen molar-refractivity contribution in [1.82, 2.24) is 9.80 Å². The number of nitrogens with zero attached hydrogens (tertiary/aromatic N) is 2. The van der Waals surface area contributed by atoms with Crippen molar-refractivity contribution in [2.45, 2.75) is 38.0 Å². The second kappa shape index (κ2) is 7.09. The quantitative estimate of drug-likeness (QED) is 0.836. The van der Waals surface area contributed by atoms with E-state index in [-0.39, 0.29) is 24.9 Å². The van der Waals surface area contributed by atoms with Crippen LogP contribution >= 0.6 is 11.6 Å². The average Bonchev–Trinajstić information content (AvgIpc) is 2.47. The summed E-state index contributed by atoms with van der Waals surface area (Å²) in [6.07, 6.45) is -3.64. The van der Waals surface area contributed by atoms with Gasteiger partial charge in [0.15, 0.2) is 0 Å². The second-order valence-electron chi connectivity index (χ2n) is 6.00. The van der Waals surface area contributed by atoms with Gasteiger partial charge in [-0.15, -0.1) is 0 Å². The first-order valence-electron chi connectivity index (χ1n) is 7.49. The van der Waals surface area contributed by atoms with Crippen molar-refractivity contribution in [1.29, 1.82) is 0 Å². The van der Waals surface area contributed by atoms with E-state index in [1.165, 1.54) is 16.8 Å². The number of carbonyl (C=O) groups is 1. The van der Waals surface area contributed by atoms with E-state index in [0.29, 0.717) is 18.0 Å². The van der Waals surface area contributed by atoms with Crippen LogP contribution in [0.2, 0.25) is 5.02 Å². The maximum atomic E-state index is 13.1. The number of hydrogen-bond donors (Lipinski definition) is 0. The first-order chi connectivity index (χ1) is 10.7. The third-order valence-electron chi connectivity index (χ3n) is 4.34. The third-order valence-corrected chi connectivity index (χ3v) is 4.59. The van der Waals surface area contributed by atoms with Crippen LogP contribution < -0.4 is 0 Å². The Kier molecular flexibility index (Phi) is 5.57. The molecule has 0 aliphatic carbocycles. The monoisotopic (exact) mass is 348 g/mol. The van der Waals surface area contributed by atoms with Gasteiger partial charge in [0.25, 0.3) is 0 Å². The Morgan fingerprint density at radius 3 is 2.43 bits per heavy atom. The summed E-state index contributed by atoms with van der Waals surface area (Å²) in [5, 5.41) is 0.612. The summed E-state index contributed by atoms with van der Waals surface area (Å²) in [4.78, 5) is 14.9. The van der Waals surface area contributed by atoms with Crippen LogP contribution in [-0.4, -0.2) is 54.1 Å². The van der Waals surface area contributed by atoms with Gasteiger partial charge < -0.3 is 4.90 Å². The Morgan fingerprint density at radius 2 is 1.87 bits per heavy atom. The van der Waals surface area contributed by atoms with Crippen LogP contribution in [0.25, 0.3) is 0 Å². The molecule has 2 atom stereocenters. The molecule has 128 valence electrons. The fourth-order valence-corrected chi connectivity index (χ4v) is 2.89. The standard InChI is InChI=1S/C16H20ClF3N2O/c1-11-9-22(10-14(21(11)2)16(18,19)20)15(23)8-5-12-3-6-13(17)7-4-12/h3-4,6-7,11,14H,5,8-10H2,1-2H3. The van der Waals surface area contributed by atoms with Gasteiger partial charge in [-0.05, 0) is 38.1 Å². The lowest BCUT2D eigenvalue weighted by Crippen LogP contribution is -2.62. The van der Waals surface area contributed by atoms with Crippen LogP contribution in [0, 0.1) is 0 Å². The van der Waals surface area contributed by atoms with Gasteiger partial charge in [-0.1, -0.05) is 23.7 Å². The van der Waals surface area contributed by atoms with Crippen LogP contribution in [0.15, 0.2) is 24.3 Å². The normalized spacial score (nSPS) is 23.1. The smallest absolute Gasteiger partial charge is 0.339 e. The van der Waals surface area contributed by atoms with Crippen molar-refractivity contribution >= 4 is 17.5 Å². The number of likely N-dealkylation sites (N-methyl/N-ethyl adjacent to an activating group) is 1. The summed E-state index contributed by atoms with van der Waals surface area (Å²) in [6, 6.07) is 5.18. The summed E-state index contributed by atoms with van der Waals surface area (Å²) in [5.74, 6) is -0.242. The van der Waals surface area contributed by atoms with E-state index < -0.39 is 12.2 Å². The van der Waals surface area contributed by atoms with Crippen LogP contribution in [0.3, 0.4) is 0 Å². The molecule has 0 radical (unpaired) electrons. The number of benzene rings is 1. The van der Waals surface area contributed by atoms with E-state index in [9.17, 15) is 18.0 Å². The van der Waals surface area contributed by atoms with Crippen LogP contribution in [0.4, 0.5) is 13.2 Å². The highest BCUT2D eigenvalue weighted by Gasteiger charge is 2.47. The molecule has 0 aromatic heterocycles. The molecule has 0 spiro atoms. The zero-order valence-electron chi connectivity index (χ0n) is 13.1. The minimum absolute atomic E-state index is 0.197. The molecule has 2 rings (SSSR count). The van der Waals surface area contributed by atoms with Gasteiger partial charge in [-0.2, -0.15) is 13.2 Å². The first kappa shape index (κ1) is 18.1. The fraction of sp³-hybridized carbons (Fsp3) is 0.562. The Morgan fingerprint density at radius 1 is 1.26 bits per heavy atom. The average molecular weight is 349 g/mol. The molecule has 1 aromatic carbocycles. The summed E-state index contributed by atoms with van der Waals surface area (Å²) in [6.45, 7) is 1.73. The van der Waals surface area contributed by atoms with Gasteiger partial charge in [0.05, 0.1) is 0 Å². The van der Waals surface area contributed by atoms with Crippen molar-refractivity contribution in [3.63, 3.8) is 0 Å². The van der Waals surface area contributed by atoms with Crippen LogP contribution in [0.1, 0.15) is 18.9 Å². The maximum Gasteiger partial charge on any atom is 0.405 e. The van der Waals surface area contributed by atoms with Crippen molar-refractivity contribution in [3.8, 4) is 0 Å². The minimum Gasteiger partial charge on any atom is -0.339 e. The molecular weight excluding hydrogens is 329 g/mol. The molecule has 1 heterocycles. The predicted molar refractivity (Wildman–Crippen MR) is 83.4 cm³/mol. The van der Waals surface area contributed by atoms with Gasteiger partial charge in [0.2, 0.25) is 5.91 Å². The van der Waals surface area contributed by atoms with Crippen molar-refractivity contribution in [2.24, 2.45) is 0 Å². The molecule has 23 heavy (non-hydrogen) atoms. The number of hydrogen-bond acceptors (Lipinski definition) is 2. The molecule has 1 aliphatic rings. The lowest BCUT2D eigenvalue weighted by Gasteiger charge is -2.44. The predicted octanol–water partition coefficient (Wildman–Crippen LogP) is 3.37. The zero-order valence-corrected chi connectivity index (χ0v) is 13.9. The molecule has 1 aliphatic heterocycles. The summed E-state index contributed by atoms with van der Waals surface area (Å²) < 4.78 is 39.3. The zero-order chi connectivity index (χ0) is 17.2. The molecule has 1 saturated heterocycles. The number of rotatable bonds is 3. The van der Waals surface area contributed by atoms with Gasteiger partial charge in [0, 0.05) is 30.6 Å². The lowest BCUT2D eigenvalue weighted by atomic mass is 10.1. The van der Waals surface area contributed by atoms with E-state index in [1.54, 1.807) is 19.1 Å². The van der Waals surface area contributed by atoms with Crippen LogP contribution in [0.5, 0.6) is 0 Å². The maximum absolute atomic E-state index is 13.1. The summed E-state index contributed by atoms with van der Waals surface area (Å²) >= 11 is 5.80. The Balaban J connectivity index is 1.97. The molecule has 0 N–H and O–H groups in total. The molecule has 2 unspecified atom stereocenters. The number of piperazine rings is 1. The summed E-state index contributed by atoms with van der Waals surface area (Å²) in [5.41, 5.74) is 0.942. The highest BCUT2D eigenvalue weighted by atomic mass is 35.5. The Bertz CT molecular complexity index is 547. The summed E-state index contributed by atoms with van der Waals surface area (Å²) in [7, 11) is 1.46. The highest BCUT2D eigenvalue weighted by molar-refractivity contribution is 6.30. The van der Waals surface area contributed by atoms with Crippen LogP contribution in [-0.2, 0) is 11.2 Å². The Labute approximate surface area is 139 Å².